The van der Waals surface area contributed by atoms with Gasteiger partial charge in [-0.3, -0.25) is 19.2 Å². The molecule has 2 fully saturated rings. The van der Waals surface area contributed by atoms with E-state index in [9.17, 15) is 19.2 Å². The van der Waals surface area contributed by atoms with E-state index in [1.165, 1.54) is 13.8 Å². The second-order valence-electron chi connectivity index (χ2n) is 10.5. The fourth-order valence-corrected chi connectivity index (χ4v) is 5.70. The van der Waals surface area contributed by atoms with E-state index in [1.807, 2.05) is 63.2 Å². The number of hydrogen-bond donors (Lipinski definition) is 2. The van der Waals surface area contributed by atoms with E-state index in [1.54, 1.807) is 18.2 Å². The van der Waals surface area contributed by atoms with Gasteiger partial charge >= 0.3 is 0 Å². The van der Waals surface area contributed by atoms with Gasteiger partial charge in [-0.15, -0.1) is 0 Å². The van der Waals surface area contributed by atoms with Gasteiger partial charge in [-0.2, -0.15) is 0 Å². The van der Waals surface area contributed by atoms with E-state index < -0.39 is 0 Å². The second-order valence-corrected chi connectivity index (χ2v) is 10.5. The number of nitrogens with one attached hydrogen (secondary N) is 2. The zero-order valence-corrected chi connectivity index (χ0v) is 22.3. The number of nitrogens with zero attached hydrogens (tertiary/aromatic N) is 3. The van der Waals surface area contributed by atoms with E-state index in [0.717, 1.165) is 24.9 Å². The molecule has 5 rings (SSSR count). The highest BCUT2D eigenvalue weighted by Gasteiger charge is 2.43. The summed E-state index contributed by atoms with van der Waals surface area (Å²) < 4.78 is 1.96. The number of amides is 4. The van der Waals surface area contributed by atoms with Gasteiger partial charge in [-0.05, 0) is 67.1 Å². The third kappa shape index (κ3) is 5.57. The summed E-state index contributed by atoms with van der Waals surface area (Å²) in [5.41, 5.74) is 2.84. The second kappa shape index (κ2) is 10.8. The number of hydrogen-bond acceptors (Lipinski definition) is 4. The molecular formula is C30H33N5O4. The number of carbonyl (C=O) groups is 4. The monoisotopic (exact) mass is 527 g/mol. The standard InChI is InChI=1S/C30H33N5O4/c1-21(36)31-25-10-9-23(19-26(25)32-22(2)37)28(38)35-18-13-30(20-35)11-16-34(17-12-30)29(39)24-7-3-4-8-27(24)33-14-5-6-15-33/h3-10,14-15,19H,11-13,16-18,20H2,1-2H3,(H,31,36)(H,32,37). The Labute approximate surface area is 227 Å². The van der Waals surface area contributed by atoms with Crippen LogP contribution in [0.2, 0.25) is 0 Å². The van der Waals surface area contributed by atoms with E-state index in [0.29, 0.717) is 48.7 Å². The average Bonchev–Trinajstić information content (AvgIpc) is 3.60. The van der Waals surface area contributed by atoms with Crippen molar-refractivity contribution in [2.24, 2.45) is 5.41 Å². The lowest BCUT2D eigenvalue weighted by Crippen LogP contribution is -2.45. The molecule has 2 aromatic carbocycles. The van der Waals surface area contributed by atoms with Gasteiger partial charge in [0.1, 0.15) is 0 Å². The van der Waals surface area contributed by atoms with Crippen molar-refractivity contribution < 1.29 is 19.2 Å². The molecule has 3 aromatic rings. The summed E-state index contributed by atoms with van der Waals surface area (Å²) in [5.74, 6) is -0.624. The van der Waals surface area contributed by atoms with E-state index in [4.69, 9.17) is 0 Å². The SMILES string of the molecule is CC(=O)Nc1ccc(C(=O)N2CCC3(CCN(C(=O)c4ccccc4-n4cccc4)CC3)C2)cc1NC(C)=O. The van der Waals surface area contributed by atoms with Gasteiger partial charge in [0.05, 0.1) is 22.6 Å². The number of likely N-dealkylation sites (tertiary alicyclic amines) is 2. The third-order valence-electron chi connectivity index (χ3n) is 7.74. The summed E-state index contributed by atoms with van der Waals surface area (Å²) in [5, 5.41) is 5.39. The van der Waals surface area contributed by atoms with Crippen LogP contribution in [0.3, 0.4) is 0 Å². The highest BCUT2D eigenvalue weighted by Crippen LogP contribution is 2.41. The molecule has 39 heavy (non-hydrogen) atoms. The molecule has 1 spiro atoms. The molecule has 2 saturated heterocycles. The number of aromatic nitrogens is 1. The van der Waals surface area contributed by atoms with E-state index >= 15 is 0 Å². The molecule has 0 bridgehead atoms. The van der Waals surface area contributed by atoms with Crippen molar-refractivity contribution in [3.05, 3.63) is 78.1 Å². The molecule has 9 heteroatoms. The van der Waals surface area contributed by atoms with Gasteiger partial charge in [0, 0.05) is 58.0 Å². The molecule has 2 N–H and O–H groups in total. The van der Waals surface area contributed by atoms with Crippen molar-refractivity contribution in [2.45, 2.75) is 33.1 Å². The molecule has 0 radical (unpaired) electrons. The van der Waals surface area contributed by atoms with Gasteiger partial charge in [0.2, 0.25) is 11.8 Å². The fourth-order valence-electron chi connectivity index (χ4n) is 5.70. The normalized spacial score (nSPS) is 16.3. The Balaban J connectivity index is 1.25. The smallest absolute Gasteiger partial charge is 0.255 e. The largest absolute Gasteiger partial charge is 0.339 e. The Morgan fingerprint density at radius 3 is 2.00 bits per heavy atom. The van der Waals surface area contributed by atoms with Crippen molar-refractivity contribution in [3.8, 4) is 5.69 Å². The quantitative estimate of drug-likeness (QED) is 0.520. The van der Waals surface area contributed by atoms with Gasteiger partial charge < -0.3 is 25.0 Å². The highest BCUT2D eigenvalue weighted by molar-refractivity contribution is 6.02. The molecule has 0 saturated carbocycles. The number of rotatable bonds is 5. The predicted molar refractivity (Wildman–Crippen MR) is 149 cm³/mol. The lowest BCUT2D eigenvalue weighted by atomic mass is 9.77. The van der Waals surface area contributed by atoms with Crippen molar-refractivity contribution in [1.29, 1.82) is 0 Å². The first-order valence-corrected chi connectivity index (χ1v) is 13.2. The van der Waals surface area contributed by atoms with Crippen LogP contribution in [0.4, 0.5) is 11.4 Å². The minimum absolute atomic E-state index is 0.0109. The van der Waals surface area contributed by atoms with Gasteiger partial charge in [-0.25, -0.2) is 0 Å². The maximum absolute atomic E-state index is 13.5. The molecule has 0 atom stereocenters. The highest BCUT2D eigenvalue weighted by atomic mass is 16.2. The minimum atomic E-state index is -0.288. The molecule has 4 amide bonds. The van der Waals surface area contributed by atoms with Crippen LogP contribution >= 0.6 is 0 Å². The Morgan fingerprint density at radius 1 is 0.718 bits per heavy atom. The topological polar surface area (TPSA) is 104 Å². The van der Waals surface area contributed by atoms with Crippen LogP contribution in [0.25, 0.3) is 5.69 Å². The summed E-state index contributed by atoms with van der Waals surface area (Å²) in [4.78, 5) is 53.9. The average molecular weight is 528 g/mol. The zero-order valence-electron chi connectivity index (χ0n) is 22.3. The summed E-state index contributed by atoms with van der Waals surface area (Å²) >= 11 is 0. The van der Waals surface area contributed by atoms with Crippen molar-refractivity contribution in [1.82, 2.24) is 14.4 Å². The lowest BCUT2D eigenvalue weighted by Gasteiger charge is -2.39. The van der Waals surface area contributed by atoms with Crippen LogP contribution in [0.15, 0.2) is 67.0 Å². The molecule has 202 valence electrons. The van der Waals surface area contributed by atoms with Crippen molar-refractivity contribution in [3.63, 3.8) is 0 Å². The molecule has 9 nitrogen and oxygen atoms in total. The number of carbonyl (C=O) groups excluding carboxylic acids is 4. The molecule has 2 aliphatic heterocycles. The van der Waals surface area contributed by atoms with Gasteiger partial charge in [0.25, 0.3) is 11.8 Å². The number of para-hydroxylation sites is 1. The predicted octanol–water partition coefficient (Wildman–Crippen LogP) is 4.16. The first-order valence-electron chi connectivity index (χ1n) is 13.2. The Bertz CT molecular complexity index is 1410. The first-order chi connectivity index (χ1) is 18.7. The van der Waals surface area contributed by atoms with E-state index in [-0.39, 0.29) is 29.0 Å². The molecule has 3 heterocycles. The van der Waals surface area contributed by atoms with Crippen LogP contribution < -0.4 is 10.6 Å². The Morgan fingerprint density at radius 2 is 1.33 bits per heavy atom. The Kier molecular flexibility index (Phi) is 7.24. The third-order valence-corrected chi connectivity index (χ3v) is 7.74. The van der Waals surface area contributed by atoms with Crippen LogP contribution in [-0.2, 0) is 9.59 Å². The van der Waals surface area contributed by atoms with Crippen LogP contribution in [-0.4, -0.2) is 64.2 Å². The maximum Gasteiger partial charge on any atom is 0.255 e. The summed E-state index contributed by atoms with van der Waals surface area (Å²) in [6.07, 6.45) is 6.45. The summed E-state index contributed by atoms with van der Waals surface area (Å²) in [6.45, 7) is 5.35. The minimum Gasteiger partial charge on any atom is -0.339 e. The maximum atomic E-state index is 13.5. The number of anilines is 2. The zero-order chi connectivity index (χ0) is 27.6. The molecule has 0 aliphatic carbocycles. The van der Waals surface area contributed by atoms with Crippen LogP contribution in [0.5, 0.6) is 0 Å². The van der Waals surface area contributed by atoms with Gasteiger partial charge in [-0.1, -0.05) is 12.1 Å². The van der Waals surface area contributed by atoms with Crippen LogP contribution in [0.1, 0.15) is 53.8 Å². The summed E-state index contributed by atoms with van der Waals surface area (Å²) in [7, 11) is 0. The number of benzene rings is 2. The molecule has 2 aliphatic rings. The molecular weight excluding hydrogens is 494 g/mol. The first kappa shape index (κ1) is 26.2. The van der Waals surface area contributed by atoms with Crippen molar-refractivity contribution >= 4 is 35.0 Å². The number of piperidine rings is 1. The van der Waals surface area contributed by atoms with Crippen LogP contribution in [0, 0.1) is 5.41 Å². The fraction of sp³-hybridized carbons (Fsp3) is 0.333. The molecule has 0 unspecified atom stereocenters. The van der Waals surface area contributed by atoms with E-state index in [2.05, 4.69) is 10.6 Å². The van der Waals surface area contributed by atoms with Gasteiger partial charge in [0.15, 0.2) is 0 Å². The van der Waals surface area contributed by atoms with Crippen molar-refractivity contribution in [2.75, 3.05) is 36.8 Å². The Hall–Kier alpha value is -4.40. The summed E-state index contributed by atoms with van der Waals surface area (Å²) in [6, 6.07) is 16.5. The molecule has 1 aromatic heterocycles. The lowest BCUT2D eigenvalue weighted by molar-refractivity contribution is -0.115.